The number of aryl methyl sites for hydroxylation is 1. The normalized spacial score (nSPS) is 19.8. The van der Waals surface area contributed by atoms with Crippen molar-refractivity contribution in [3.8, 4) is 5.82 Å². The van der Waals surface area contributed by atoms with Crippen molar-refractivity contribution < 1.29 is 5.11 Å². The maximum Gasteiger partial charge on any atom is 0.282 e. The summed E-state index contributed by atoms with van der Waals surface area (Å²) in [5.41, 5.74) is 2.78. The van der Waals surface area contributed by atoms with E-state index in [1.807, 2.05) is 24.3 Å². The molecule has 1 saturated heterocycles. The number of rotatable bonds is 5. The second-order valence-electron chi connectivity index (χ2n) is 9.99. The van der Waals surface area contributed by atoms with Crippen molar-refractivity contribution >= 4 is 34.6 Å². The van der Waals surface area contributed by atoms with Crippen LogP contribution in [0.5, 0.6) is 0 Å². The number of hydrogen-bond donors (Lipinski definition) is 2. The summed E-state index contributed by atoms with van der Waals surface area (Å²) in [6.45, 7) is 9.70. The molecule has 0 bridgehead atoms. The summed E-state index contributed by atoms with van der Waals surface area (Å²) >= 11 is 0. The van der Waals surface area contributed by atoms with Crippen LogP contribution in [0.2, 0.25) is 0 Å². The smallest absolute Gasteiger partial charge is 0.282 e. The number of pyridine rings is 1. The van der Waals surface area contributed by atoms with Gasteiger partial charge in [0.05, 0.1) is 5.69 Å². The van der Waals surface area contributed by atoms with E-state index in [0.717, 1.165) is 43.9 Å². The first-order chi connectivity index (χ1) is 17.8. The zero-order valence-corrected chi connectivity index (χ0v) is 21.1. The lowest BCUT2D eigenvalue weighted by molar-refractivity contribution is 0.0553. The Morgan fingerprint density at radius 1 is 1.08 bits per heavy atom. The van der Waals surface area contributed by atoms with Gasteiger partial charge in [0.25, 0.3) is 5.56 Å². The van der Waals surface area contributed by atoms with Gasteiger partial charge >= 0.3 is 0 Å². The van der Waals surface area contributed by atoms with E-state index in [9.17, 15) is 9.90 Å². The predicted octanol–water partition coefficient (Wildman–Crippen LogP) is 2.73. The first-order valence-electron chi connectivity index (χ1n) is 12.5. The fourth-order valence-electron chi connectivity index (χ4n) is 5.15. The van der Waals surface area contributed by atoms with Crippen molar-refractivity contribution in [2.75, 3.05) is 43.4 Å². The van der Waals surface area contributed by atoms with Crippen LogP contribution in [0.15, 0.2) is 54.0 Å². The Kier molecular flexibility index (Phi) is 5.58. The van der Waals surface area contributed by atoms with Gasteiger partial charge in [0.1, 0.15) is 11.0 Å². The number of nitrogens with zero attached hydrogens (tertiary/aromatic N) is 7. The van der Waals surface area contributed by atoms with Gasteiger partial charge in [-0.3, -0.25) is 4.79 Å². The number of hydrogen-bond acceptors (Lipinski definition) is 8. The molecule has 1 fully saturated rings. The summed E-state index contributed by atoms with van der Waals surface area (Å²) in [4.78, 5) is 31.6. The average molecular weight is 499 g/mol. The Labute approximate surface area is 214 Å². The summed E-state index contributed by atoms with van der Waals surface area (Å²) < 4.78 is 2.98. The minimum atomic E-state index is -1.01. The zero-order chi connectivity index (χ0) is 25.7. The third kappa shape index (κ3) is 4.08. The molecule has 2 N–H and O–H groups in total. The highest BCUT2D eigenvalue weighted by Gasteiger charge is 2.34. The van der Waals surface area contributed by atoms with Gasteiger partial charge in [-0.2, -0.15) is 4.98 Å². The van der Waals surface area contributed by atoms with Crippen molar-refractivity contribution in [3.63, 3.8) is 0 Å². The van der Waals surface area contributed by atoms with Crippen molar-refractivity contribution in [1.29, 1.82) is 0 Å². The van der Waals surface area contributed by atoms with Gasteiger partial charge in [-0.1, -0.05) is 12.6 Å². The minimum absolute atomic E-state index is 0.290. The molecular weight excluding hydrogens is 468 g/mol. The fraction of sp³-hybridized carbons (Fsp3) is 0.333. The maximum atomic E-state index is 13.1. The molecule has 4 heterocycles. The summed E-state index contributed by atoms with van der Waals surface area (Å²) in [6, 6.07) is 12.0. The Hall–Kier alpha value is -4.02. The molecular formula is C27H30N8O2. The average Bonchev–Trinajstić information content (AvgIpc) is 3.36. The van der Waals surface area contributed by atoms with Gasteiger partial charge in [0, 0.05) is 50.0 Å². The molecule has 2 aliphatic rings. The van der Waals surface area contributed by atoms with Gasteiger partial charge in [0.2, 0.25) is 5.95 Å². The topological polar surface area (TPSA) is 104 Å². The zero-order valence-electron chi connectivity index (χ0n) is 21.1. The third-order valence-corrected chi connectivity index (χ3v) is 7.36. The number of anilines is 3. The lowest BCUT2D eigenvalue weighted by Crippen LogP contribution is -2.44. The highest BCUT2D eigenvalue weighted by atomic mass is 16.3. The molecule has 10 heteroatoms. The largest absolute Gasteiger partial charge is 0.384 e. The quantitative estimate of drug-likeness (QED) is 0.433. The molecule has 6 rings (SSSR count). The fourth-order valence-corrected chi connectivity index (χ4v) is 5.15. The van der Waals surface area contributed by atoms with E-state index in [1.54, 1.807) is 11.6 Å². The van der Waals surface area contributed by atoms with Gasteiger partial charge in [-0.25, -0.2) is 19.3 Å². The van der Waals surface area contributed by atoms with E-state index in [1.165, 1.54) is 22.8 Å². The van der Waals surface area contributed by atoms with E-state index < -0.39 is 5.60 Å². The van der Waals surface area contributed by atoms with E-state index >= 15 is 0 Å². The van der Waals surface area contributed by atoms with E-state index in [-0.39, 0.29) is 5.56 Å². The molecule has 37 heavy (non-hydrogen) atoms. The maximum absolute atomic E-state index is 13.1. The minimum Gasteiger partial charge on any atom is -0.384 e. The van der Waals surface area contributed by atoms with Crippen LogP contribution in [0.1, 0.15) is 24.6 Å². The van der Waals surface area contributed by atoms with E-state index in [2.05, 4.69) is 50.8 Å². The molecule has 0 radical (unpaired) electrons. The monoisotopic (exact) mass is 498 g/mol. The van der Waals surface area contributed by atoms with Crippen LogP contribution < -0.4 is 15.8 Å². The Morgan fingerprint density at radius 3 is 2.57 bits per heavy atom. The van der Waals surface area contributed by atoms with Crippen LogP contribution in [0.25, 0.3) is 23.1 Å². The van der Waals surface area contributed by atoms with Crippen molar-refractivity contribution in [2.45, 2.75) is 25.4 Å². The number of aliphatic hydroxyl groups is 1. The number of fused-ring (bicyclic) bond motifs is 2. The van der Waals surface area contributed by atoms with E-state index in [0.29, 0.717) is 34.9 Å². The molecule has 4 aromatic rings. The lowest BCUT2D eigenvalue weighted by atomic mass is 10.0. The second-order valence-corrected chi connectivity index (χ2v) is 9.99. The summed E-state index contributed by atoms with van der Waals surface area (Å²) in [7, 11) is 2.15. The summed E-state index contributed by atoms with van der Waals surface area (Å²) in [5, 5.41) is 14.4. The van der Waals surface area contributed by atoms with Crippen LogP contribution in [0.3, 0.4) is 0 Å². The molecule has 1 aliphatic carbocycles. The molecule has 190 valence electrons. The number of nitrogens with one attached hydrogen (secondary N) is 1. The van der Waals surface area contributed by atoms with Gasteiger partial charge in [-0.15, -0.1) is 0 Å². The molecule has 10 nitrogen and oxygen atoms in total. The number of likely N-dealkylation sites (N-methyl/N-ethyl adjacent to an activating group) is 1. The van der Waals surface area contributed by atoms with E-state index in [4.69, 9.17) is 4.98 Å². The number of aromatic nitrogens is 5. The Balaban J connectivity index is 1.34. The Morgan fingerprint density at radius 2 is 1.84 bits per heavy atom. The van der Waals surface area contributed by atoms with Gasteiger partial charge in [-0.05, 0) is 62.7 Å². The SMILES string of the molecule is C=Cn1c(=O)c2cnc(Nc3ccc(N4CCN(C)CC4)cc3)nc2n1-c1ccc2c(n1)C(C)(O)CC2. The number of benzene rings is 1. The number of piperazine rings is 1. The third-order valence-electron chi connectivity index (χ3n) is 7.36. The van der Waals surface area contributed by atoms with Crippen molar-refractivity contribution in [3.05, 3.63) is 70.8 Å². The van der Waals surface area contributed by atoms with Crippen LogP contribution in [0.4, 0.5) is 17.3 Å². The van der Waals surface area contributed by atoms with Gasteiger partial charge < -0.3 is 20.2 Å². The molecule has 0 amide bonds. The highest BCUT2D eigenvalue weighted by Crippen LogP contribution is 2.35. The van der Waals surface area contributed by atoms with Crippen molar-refractivity contribution in [1.82, 2.24) is 29.2 Å². The van der Waals surface area contributed by atoms with Gasteiger partial charge in [0.15, 0.2) is 11.5 Å². The first-order valence-corrected chi connectivity index (χ1v) is 12.5. The van der Waals surface area contributed by atoms with Crippen LogP contribution in [0, 0.1) is 0 Å². The summed E-state index contributed by atoms with van der Waals surface area (Å²) in [6.07, 6.45) is 4.33. The standard InChI is InChI=1S/C27H30N8O2/c1-4-34-25(36)21-17-28-26(29-19-6-8-20(9-7-19)33-15-13-32(3)14-16-33)31-24(21)35(34)22-10-5-18-11-12-27(2,37)23(18)30-22/h4-10,17,37H,1,11-16H2,2-3H3,(H,28,29,31). The molecule has 1 aromatic carbocycles. The van der Waals surface area contributed by atoms with Crippen LogP contribution >= 0.6 is 0 Å². The molecule has 0 saturated carbocycles. The van der Waals surface area contributed by atoms with Crippen molar-refractivity contribution in [2.24, 2.45) is 0 Å². The lowest BCUT2D eigenvalue weighted by Gasteiger charge is -2.34. The molecule has 1 atom stereocenters. The highest BCUT2D eigenvalue weighted by molar-refractivity contribution is 5.78. The molecule has 1 unspecified atom stereocenters. The Bertz CT molecular complexity index is 1550. The molecule has 1 aliphatic heterocycles. The second kappa shape index (κ2) is 8.82. The first kappa shape index (κ1) is 23.4. The van der Waals surface area contributed by atoms with Crippen LogP contribution in [-0.2, 0) is 12.0 Å². The molecule has 3 aromatic heterocycles. The van der Waals surface area contributed by atoms with Crippen LogP contribution in [-0.4, -0.2) is 67.5 Å². The summed E-state index contributed by atoms with van der Waals surface area (Å²) in [5.74, 6) is 0.845. The molecule has 0 spiro atoms. The predicted molar refractivity (Wildman–Crippen MR) is 145 cm³/mol.